The van der Waals surface area contributed by atoms with Gasteiger partial charge in [0.25, 0.3) is 5.91 Å². The maximum absolute atomic E-state index is 12.3. The normalized spacial score (nSPS) is 10.9. The molecule has 0 saturated heterocycles. The molecule has 2 aromatic carbocycles. The van der Waals surface area contributed by atoms with Crippen molar-refractivity contribution >= 4 is 62.9 Å². The lowest BCUT2D eigenvalue weighted by atomic mass is 10.1. The predicted molar refractivity (Wildman–Crippen MR) is 113 cm³/mol. The lowest BCUT2D eigenvalue weighted by molar-refractivity contribution is -0.112. The first-order chi connectivity index (χ1) is 11.9. The van der Waals surface area contributed by atoms with Gasteiger partial charge in [-0.1, -0.05) is 0 Å². The number of nitrogens with one attached hydrogen (secondary N) is 1. The Balaban J connectivity index is 2.23. The zero-order valence-corrected chi connectivity index (χ0v) is 17.5. The number of carbonyl (C=O) groups excluding carboxylic acids is 1. The van der Waals surface area contributed by atoms with Gasteiger partial charge in [0.1, 0.15) is 23.1 Å². The topological polar surface area (TPSA) is 82.3 Å². The van der Waals surface area contributed by atoms with E-state index < -0.39 is 5.91 Å². The highest BCUT2D eigenvalue weighted by Crippen LogP contribution is 2.29. The summed E-state index contributed by atoms with van der Waals surface area (Å²) in [6.07, 6.45) is 1.38. The third-order valence-corrected chi connectivity index (χ3v) is 4.59. The fourth-order valence-corrected chi connectivity index (χ4v) is 3.89. The first-order valence-corrected chi connectivity index (χ1v) is 9.44. The molecule has 0 unspecified atom stereocenters. The Kier molecular flexibility index (Phi) is 7.07. The number of carbonyl (C=O) groups is 1. The highest BCUT2D eigenvalue weighted by atomic mass is 127. The van der Waals surface area contributed by atoms with E-state index in [4.69, 9.17) is 4.74 Å². The van der Waals surface area contributed by atoms with E-state index in [-0.39, 0.29) is 11.3 Å². The summed E-state index contributed by atoms with van der Waals surface area (Å²) < 4.78 is 6.89. The molecular formula is C18H14I2N2O3. The zero-order valence-electron chi connectivity index (χ0n) is 13.2. The molecule has 0 saturated carbocycles. The van der Waals surface area contributed by atoms with Crippen LogP contribution in [-0.4, -0.2) is 17.6 Å². The van der Waals surface area contributed by atoms with E-state index >= 15 is 0 Å². The Bertz CT molecular complexity index is 856. The zero-order chi connectivity index (χ0) is 18.4. The number of hydrogen-bond acceptors (Lipinski definition) is 4. The number of aromatic hydroxyl groups is 1. The van der Waals surface area contributed by atoms with E-state index in [0.717, 1.165) is 3.57 Å². The van der Waals surface area contributed by atoms with Crippen LogP contribution < -0.4 is 10.1 Å². The predicted octanol–water partition coefficient (Wildman–Crippen LogP) is 4.55. The van der Waals surface area contributed by atoms with Gasteiger partial charge in [-0.25, -0.2) is 0 Å². The fourth-order valence-electron chi connectivity index (χ4n) is 2.00. The van der Waals surface area contributed by atoms with Gasteiger partial charge < -0.3 is 15.2 Å². The van der Waals surface area contributed by atoms with Gasteiger partial charge in [0.15, 0.2) is 0 Å². The van der Waals surface area contributed by atoms with Crippen LogP contribution in [0.25, 0.3) is 6.08 Å². The minimum Gasteiger partial charge on any atom is -0.506 e. The SMILES string of the molecule is CCOc1ccc(NC(=O)/C(C#N)=C\c2cc(I)cc(I)c2O)cc1. The molecule has 0 fully saturated rings. The van der Waals surface area contributed by atoms with Crippen LogP contribution in [0.5, 0.6) is 11.5 Å². The van der Waals surface area contributed by atoms with Crippen molar-refractivity contribution in [3.8, 4) is 17.6 Å². The molecule has 0 heterocycles. The van der Waals surface area contributed by atoms with Gasteiger partial charge >= 0.3 is 0 Å². The maximum atomic E-state index is 12.3. The molecule has 5 nitrogen and oxygen atoms in total. The largest absolute Gasteiger partial charge is 0.506 e. The third-order valence-electron chi connectivity index (χ3n) is 3.15. The van der Waals surface area contributed by atoms with Gasteiger partial charge in [0.05, 0.1) is 10.2 Å². The maximum Gasteiger partial charge on any atom is 0.266 e. The minimum absolute atomic E-state index is 0.0441. The van der Waals surface area contributed by atoms with Crippen LogP contribution in [0.2, 0.25) is 0 Å². The van der Waals surface area contributed by atoms with Crippen molar-refractivity contribution < 1.29 is 14.6 Å². The number of amides is 1. The lowest BCUT2D eigenvalue weighted by Gasteiger charge is -2.07. The number of benzene rings is 2. The molecule has 1 amide bonds. The molecule has 2 aromatic rings. The number of hydrogen-bond donors (Lipinski definition) is 2. The summed E-state index contributed by atoms with van der Waals surface area (Å²) in [7, 11) is 0. The average molecular weight is 560 g/mol. The molecule has 2 N–H and O–H groups in total. The molecule has 2 rings (SSSR count). The van der Waals surface area contributed by atoms with Crippen molar-refractivity contribution in [1.82, 2.24) is 0 Å². The number of ether oxygens (including phenoxy) is 1. The second kappa shape index (κ2) is 9.05. The van der Waals surface area contributed by atoms with Gasteiger partial charge in [0, 0.05) is 14.8 Å². The number of phenols is 1. The molecule has 0 bridgehead atoms. The van der Waals surface area contributed by atoms with Crippen molar-refractivity contribution in [2.75, 3.05) is 11.9 Å². The number of halogens is 2. The van der Waals surface area contributed by atoms with Gasteiger partial charge in [-0.15, -0.1) is 0 Å². The molecule has 0 atom stereocenters. The van der Waals surface area contributed by atoms with Crippen molar-refractivity contribution in [2.24, 2.45) is 0 Å². The minimum atomic E-state index is -0.542. The Morgan fingerprint density at radius 3 is 2.60 bits per heavy atom. The first kappa shape index (κ1) is 19.5. The fraction of sp³-hybridized carbons (Fsp3) is 0.111. The Labute approximate surface area is 173 Å². The van der Waals surface area contributed by atoms with Crippen molar-refractivity contribution in [1.29, 1.82) is 5.26 Å². The van der Waals surface area contributed by atoms with Crippen LogP contribution in [-0.2, 0) is 4.79 Å². The van der Waals surface area contributed by atoms with Crippen LogP contribution in [0.4, 0.5) is 5.69 Å². The van der Waals surface area contributed by atoms with Gasteiger partial charge in [-0.05, 0) is 94.6 Å². The molecule has 0 aromatic heterocycles. The smallest absolute Gasteiger partial charge is 0.266 e. The highest BCUT2D eigenvalue weighted by molar-refractivity contribution is 14.1. The number of phenolic OH excluding ortho intramolecular Hbond substituents is 1. The van der Waals surface area contributed by atoms with Crippen LogP contribution in [0, 0.1) is 18.5 Å². The molecule has 25 heavy (non-hydrogen) atoms. The molecular weight excluding hydrogens is 546 g/mol. The van der Waals surface area contributed by atoms with Crippen molar-refractivity contribution in [3.05, 3.63) is 54.7 Å². The molecule has 0 radical (unpaired) electrons. The molecule has 0 spiro atoms. The molecule has 0 aliphatic heterocycles. The molecule has 7 heteroatoms. The molecule has 128 valence electrons. The number of anilines is 1. The standard InChI is InChI=1S/C18H14I2N2O3/c1-2-25-15-5-3-14(4-6-15)22-18(24)12(10-21)7-11-8-13(19)9-16(20)17(11)23/h3-9,23H,2H2,1H3,(H,22,24)/b12-7-. The number of nitriles is 1. The molecule has 0 aliphatic carbocycles. The summed E-state index contributed by atoms with van der Waals surface area (Å²) in [6, 6.07) is 12.3. The summed E-state index contributed by atoms with van der Waals surface area (Å²) in [5.74, 6) is 0.206. The van der Waals surface area contributed by atoms with Crippen molar-refractivity contribution in [2.45, 2.75) is 6.92 Å². The Morgan fingerprint density at radius 1 is 1.32 bits per heavy atom. The van der Waals surface area contributed by atoms with Gasteiger partial charge in [-0.2, -0.15) is 5.26 Å². The monoisotopic (exact) mass is 560 g/mol. The lowest BCUT2D eigenvalue weighted by Crippen LogP contribution is -2.13. The summed E-state index contributed by atoms with van der Waals surface area (Å²) in [4.78, 5) is 12.3. The van der Waals surface area contributed by atoms with Gasteiger partial charge in [-0.3, -0.25) is 4.79 Å². The van der Waals surface area contributed by atoms with E-state index in [1.165, 1.54) is 6.08 Å². The summed E-state index contributed by atoms with van der Waals surface area (Å²) >= 11 is 4.11. The summed E-state index contributed by atoms with van der Waals surface area (Å²) in [5, 5.41) is 22.1. The quantitative estimate of drug-likeness (QED) is 0.320. The second-order valence-corrected chi connectivity index (χ2v) is 7.31. The van der Waals surface area contributed by atoms with E-state index in [1.807, 2.05) is 35.6 Å². The van der Waals surface area contributed by atoms with Crippen LogP contribution >= 0.6 is 45.2 Å². The van der Waals surface area contributed by atoms with E-state index in [1.54, 1.807) is 36.4 Å². The van der Waals surface area contributed by atoms with Crippen molar-refractivity contribution in [3.63, 3.8) is 0 Å². The van der Waals surface area contributed by atoms with Gasteiger partial charge in [0.2, 0.25) is 0 Å². The van der Waals surface area contributed by atoms with E-state index in [9.17, 15) is 15.2 Å². The summed E-state index contributed by atoms with van der Waals surface area (Å²) in [5.41, 5.74) is 0.882. The Hall–Kier alpha value is -1.80. The second-order valence-electron chi connectivity index (χ2n) is 4.91. The van der Waals surface area contributed by atoms with Crippen LogP contribution in [0.3, 0.4) is 0 Å². The highest BCUT2D eigenvalue weighted by Gasteiger charge is 2.12. The van der Waals surface area contributed by atoms with E-state index in [0.29, 0.717) is 27.2 Å². The third kappa shape index (κ3) is 5.34. The first-order valence-electron chi connectivity index (χ1n) is 7.28. The number of rotatable bonds is 5. The summed E-state index contributed by atoms with van der Waals surface area (Å²) in [6.45, 7) is 2.45. The Morgan fingerprint density at radius 2 is 2.00 bits per heavy atom. The van der Waals surface area contributed by atoms with E-state index in [2.05, 4.69) is 27.9 Å². The number of nitrogens with zero attached hydrogens (tertiary/aromatic N) is 1. The van der Waals surface area contributed by atoms with Crippen LogP contribution in [0.1, 0.15) is 12.5 Å². The molecule has 0 aliphatic rings. The average Bonchev–Trinajstić information content (AvgIpc) is 2.58. The van der Waals surface area contributed by atoms with Crippen LogP contribution in [0.15, 0.2) is 42.0 Å².